The molecule has 0 bridgehead atoms. The van der Waals surface area contributed by atoms with E-state index in [9.17, 15) is 4.79 Å². The van der Waals surface area contributed by atoms with E-state index in [1.807, 2.05) is 44.2 Å². The van der Waals surface area contributed by atoms with Crippen molar-refractivity contribution in [1.82, 2.24) is 0 Å². The predicted molar refractivity (Wildman–Crippen MR) is 125 cm³/mol. The van der Waals surface area contributed by atoms with Gasteiger partial charge in [-0.05, 0) is 81.1 Å². The number of ether oxygens (including phenoxy) is 1. The van der Waals surface area contributed by atoms with E-state index in [-0.39, 0.29) is 5.97 Å². The second-order valence-electron chi connectivity index (χ2n) is 7.78. The maximum Gasteiger partial charge on any atom is 0.338 e. The van der Waals surface area contributed by atoms with Gasteiger partial charge in [0.2, 0.25) is 0 Å². The Morgan fingerprint density at radius 1 is 0.935 bits per heavy atom. The lowest BCUT2D eigenvalue weighted by atomic mass is 9.89. The van der Waals surface area contributed by atoms with Crippen LogP contribution < -0.4 is 5.36 Å². The van der Waals surface area contributed by atoms with Crippen LogP contribution in [0.25, 0.3) is 33.4 Å². The largest absolute Gasteiger partial charge is 0.462 e. The molecule has 158 valence electrons. The van der Waals surface area contributed by atoms with Gasteiger partial charge in [-0.3, -0.25) is 4.99 Å². The first-order chi connectivity index (χ1) is 14.9. The van der Waals surface area contributed by atoms with E-state index in [1.54, 1.807) is 0 Å². The molecule has 0 atom stereocenters. The van der Waals surface area contributed by atoms with Crippen LogP contribution in [-0.2, 0) is 4.74 Å². The standard InChI is InChI=1S/C27H27NO3/c1-6-28-23-15-25-22(13-18(23)5)26(21-12-16(3)17(4)14-24(21)31-25)19-10-8-9-11-20(19)27(29)30-7-2/h8-15H,6-7H2,1-5H3. The molecule has 1 aliphatic carbocycles. The molecule has 2 aromatic rings. The normalized spacial score (nSPS) is 12.0. The van der Waals surface area contributed by atoms with Gasteiger partial charge < -0.3 is 9.15 Å². The average molecular weight is 414 g/mol. The molecule has 1 aliphatic heterocycles. The van der Waals surface area contributed by atoms with E-state index < -0.39 is 0 Å². The molecule has 2 aromatic carbocycles. The Morgan fingerprint density at radius 2 is 1.68 bits per heavy atom. The topological polar surface area (TPSA) is 51.8 Å². The Hall–Kier alpha value is -3.40. The maximum absolute atomic E-state index is 12.8. The van der Waals surface area contributed by atoms with Crippen molar-refractivity contribution in [3.8, 4) is 22.5 Å². The molecule has 0 saturated heterocycles. The smallest absolute Gasteiger partial charge is 0.338 e. The summed E-state index contributed by atoms with van der Waals surface area (Å²) in [5.41, 5.74) is 7.52. The maximum atomic E-state index is 12.8. The molecule has 0 radical (unpaired) electrons. The minimum atomic E-state index is -0.321. The average Bonchev–Trinajstić information content (AvgIpc) is 2.75. The van der Waals surface area contributed by atoms with Crippen LogP contribution in [-0.4, -0.2) is 19.1 Å². The van der Waals surface area contributed by atoms with Gasteiger partial charge in [0.1, 0.15) is 11.3 Å². The Labute approximate surface area is 182 Å². The van der Waals surface area contributed by atoms with Crippen molar-refractivity contribution in [1.29, 1.82) is 0 Å². The fourth-order valence-electron chi connectivity index (χ4n) is 4.01. The first-order valence-electron chi connectivity index (χ1n) is 10.7. The molecule has 0 amide bonds. The van der Waals surface area contributed by atoms with Crippen molar-refractivity contribution in [3.05, 3.63) is 76.1 Å². The number of carbonyl (C=O) groups is 1. The Kier molecular flexibility index (Phi) is 5.64. The van der Waals surface area contributed by atoms with Crippen LogP contribution >= 0.6 is 0 Å². The summed E-state index contributed by atoms with van der Waals surface area (Å²) in [6.07, 6.45) is 0. The number of aryl methyl sites for hydroxylation is 3. The van der Waals surface area contributed by atoms with Crippen LogP contribution in [0.2, 0.25) is 0 Å². The summed E-state index contributed by atoms with van der Waals surface area (Å²) in [7, 11) is 0. The van der Waals surface area contributed by atoms with Gasteiger partial charge in [0.25, 0.3) is 0 Å². The number of esters is 1. The first kappa shape index (κ1) is 20.9. The van der Waals surface area contributed by atoms with Crippen LogP contribution in [0.3, 0.4) is 0 Å². The van der Waals surface area contributed by atoms with Crippen molar-refractivity contribution in [3.63, 3.8) is 0 Å². The minimum Gasteiger partial charge on any atom is -0.462 e. The lowest BCUT2D eigenvalue weighted by Crippen LogP contribution is -2.10. The zero-order valence-electron chi connectivity index (χ0n) is 18.7. The second kappa shape index (κ2) is 8.38. The zero-order valence-corrected chi connectivity index (χ0v) is 18.7. The van der Waals surface area contributed by atoms with Crippen molar-refractivity contribution in [2.24, 2.45) is 4.99 Å². The molecule has 2 aliphatic rings. The molecule has 31 heavy (non-hydrogen) atoms. The molecule has 0 fully saturated rings. The van der Waals surface area contributed by atoms with Gasteiger partial charge in [0.15, 0.2) is 0 Å². The summed E-state index contributed by atoms with van der Waals surface area (Å²) >= 11 is 0. The van der Waals surface area contributed by atoms with Gasteiger partial charge in [-0.1, -0.05) is 18.2 Å². The van der Waals surface area contributed by atoms with E-state index in [1.165, 1.54) is 5.56 Å². The third-order valence-corrected chi connectivity index (χ3v) is 5.67. The molecule has 1 heterocycles. The summed E-state index contributed by atoms with van der Waals surface area (Å²) < 4.78 is 11.7. The van der Waals surface area contributed by atoms with Gasteiger partial charge >= 0.3 is 5.97 Å². The molecule has 0 unspecified atom stereocenters. The lowest BCUT2D eigenvalue weighted by molar-refractivity contribution is 0.0527. The number of benzene rings is 3. The van der Waals surface area contributed by atoms with E-state index in [2.05, 4.69) is 44.0 Å². The fraction of sp³-hybridized carbons (Fsp3) is 0.259. The van der Waals surface area contributed by atoms with Crippen LogP contribution in [0.4, 0.5) is 0 Å². The van der Waals surface area contributed by atoms with Crippen LogP contribution in [0.1, 0.15) is 40.9 Å². The number of fused-ring (bicyclic) bond motifs is 2. The van der Waals surface area contributed by atoms with Crippen LogP contribution in [0.5, 0.6) is 0 Å². The zero-order chi connectivity index (χ0) is 22.1. The van der Waals surface area contributed by atoms with Gasteiger partial charge in [-0.2, -0.15) is 0 Å². The van der Waals surface area contributed by atoms with Crippen LogP contribution in [0, 0.1) is 20.8 Å². The monoisotopic (exact) mass is 413 g/mol. The van der Waals surface area contributed by atoms with Gasteiger partial charge in [-0.15, -0.1) is 0 Å². The molecule has 0 spiro atoms. The molecule has 4 rings (SSSR count). The van der Waals surface area contributed by atoms with Crippen molar-refractivity contribution >= 4 is 16.9 Å². The van der Waals surface area contributed by atoms with E-state index in [0.717, 1.165) is 49.9 Å². The number of hydrogen-bond donors (Lipinski definition) is 0. The third kappa shape index (κ3) is 3.74. The van der Waals surface area contributed by atoms with Gasteiger partial charge in [-0.25, -0.2) is 4.79 Å². The highest BCUT2D eigenvalue weighted by molar-refractivity contribution is 6.08. The summed E-state index contributed by atoms with van der Waals surface area (Å²) in [5.74, 6) is 0.431. The molecule has 0 N–H and O–H groups in total. The summed E-state index contributed by atoms with van der Waals surface area (Å²) in [6, 6.07) is 15.9. The highest BCUT2D eigenvalue weighted by atomic mass is 16.5. The SMILES string of the molecule is CCN=c1cc2oc3cc(C)c(C)cc3c(-c3ccccc3C(=O)OCC)c-2cc1C. The summed E-state index contributed by atoms with van der Waals surface area (Å²) in [4.78, 5) is 17.4. The van der Waals surface area contributed by atoms with Crippen molar-refractivity contribution < 1.29 is 13.9 Å². The highest BCUT2D eigenvalue weighted by Crippen LogP contribution is 2.42. The molecule has 4 heteroatoms. The van der Waals surface area contributed by atoms with Gasteiger partial charge in [0, 0.05) is 29.1 Å². The number of hydrogen-bond acceptors (Lipinski definition) is 4. The van der Waals surface area contributed by atoms with E-state index in [0.29, 0.717) is 18.7 Å². The Bertz CT molecular complexity index is 1330. The second-order valence-corrected chi connectivity index (χ2v) is 7.78. The third-order valence-electron chi connectivity index (χ3n) is 5.67. The molecule has 0 aromatic heterocycles. The van der Waals surface area contributed by atoms with Crippen LogP contribution in [0.15, 0.2) is 57.9 Å². The minimum absolute atomic E-state index is 0.321. The molecular formula is C27H27NO3. The lowest BCUT2D eigenvalue weighted by Gasteiger charge is -2.19. The first-order valence-corrected chi connectivity index (χ1v) is 10.7. The molecule has 4 nitrogen and oxygen atoms in total. The predicted octanol–water partition coefficient (Wildman–Crippen LogP) is 6.23. The van der Waals surface area contributed by atoms with Crippen molar-refractivity contribution in [2.75, 3.05) is 13.2 Å². The molecule has 0 saturated carbocycles. The van der Waals surface area contributed by atoms with E-state index in [4.69, 9.17) is 9.15 Å². The highest BCUT2D eigenvalue weighted by Gasteiger charge is 2.22. The fourth-order valence-corrected chi connectivity index (χ4v) is 4.01. The number of nitrogens with zero attached hydrogens (tertiary/aromatic N) is 1. The number of carbonyl (C=O) groups excluding carboxylic acids is 1. The van der Waals surface area contributed by atoms with Crippen molar-refractivity contribution in [2.45, 2.75) is 34.6 Å². The van der Waals surface area contributed by atoms with Gasteiger partial charge in [0.05, 0.1) is 17.5 Å². The molecular weight excluding hydrogens is 386 g/mol. The van der Waals surface area contributed by atoms with E-state index >= 15 is 0 Å². The Morgan fingerprint density at radius 3 is 2.42 bits per heavy atom. The Balaban J connectivity index is 2.17. The summed E-state index contributed by atoms with van der Waals surface area (Å²) in [6.45, 7) is 11.1. The summed E-state index contributed by atoms with van der Waals surface area (Å²) in [5, 5.41) is 1.90. The quantitative estimate of drug-likeness (QED) is 0.294. The number of rotatable bonds is 4.